The van der Waals surface area contributed by atoms with Crippen molar-refractivity contribution in [3.05, 3.63) is 32.7 Å². The van der Waals surface area contributed by atoms with Gasteiger partial charge >= 0.3 is 0 Å². The quantitative estimate of drug-likeness (QED) is 0.700. The van der Waals surface area contributed by atoms with Gasteiger partial charge in [0.1, 0.15) is 0 Å². The zero-order valence-electron chi connectivity index (χ0n) is 11.6. The maximum atomic E-state index is 12.5. The number of thiocarbonyl (C=S) groups is 1. The summed E-state index contributed by atoms with van der Waals surface area (Å²) in [6.45, 7) is 0. The van der Waals surface area contributed by atoms with Gasteiger partial charge in [0, 0.05) is 8.95 Å². The lowest BCUT2D eigenvalue weighted by Gasteiger charge is -2.30. The van der Waals surface area contributed by atoms with E-state index in [1.807, 2.05) is 12.1 Å². The number of halogens is 2. The van der Waals surface area contributed by atoms with Crippen LogP contribution in [-0.2, 0) is 0 Å². The average molecular weight is 434 g/mol. The number of nitrogens with two attached hydrogens (primary N) is 1. The van der Waals surface area contributed by atoms with Crippen LogP contribution in [0.5, 0.6) is 0 Å². The van der Waals surface area contributed by atoms with Crippen molar-refractivity contribution in [1.29, 1.82) is 0 Å². The fourth-order valence-corrected chi connectivity index (χ4v) is 3.82. The first-order chi connectivity index (χ1) is 9.99. The second-order valence-electron chi connectivity index (χ2n) is 5.38. The number of hydrogen-bond donors (Lipinski definition) is 2. The molecular formula is C15H18Br2N2OS. The third kappa shape index (κ3) is 4.50. The Morgan fingerprint density at radius 1 is 1.29 bits per heavy atom. The summed E-state index contributed by atoms with van der Waals surface area (Å²) >= 11 is 12.0. The van der Waals surface area contributed by atoms with Crippen LogP contribution in [0, 0.1) is 5.92 Å². The van der Waals surface area contributed by atoms with E-state index >= 15 is 0 Å². The van der Waals surface area contributed by atoms with Gasteiger partial charge in [-0.05, 0) is 52.9 Å². The molecule has 3 nitrogen and oxygen atoms in total. The van der Waals surface area contributed by atoms with E-state index in [1.54, 1.807) is 6.07 Å². The number of nitrogens with one attached hydrogen (secondary N) is 1. The monoisotopic (exact) mass is 432 g/mol. The van der Waals surface area contributed by atoms with Gasteiger partial charge in [0.25, 0.3) is 5.91 Å². The zero-order chi connectivity index (χ0) is 15.4. The van der Waals surface area contributed by atoms with Gasteiger partial charge in [-0.15, -0.1) is 0 Å². The van der Waals surface area contributed by atoms with Gasteiger partial charge in [-0.3, -0.25) is 4.79 Å². The summed E-state index contributed by atoms with van der Waals surface area (Å²) < 4.78 is 1.62. The smallest absolute Gasteiger partial charge is 0.253 e. The molecule has 0 heterocycles. The first-order valence-electron chi connectivity index (χ1n) is 7.04. The van der Waals surface area contributed by atoms with Gasteiger partial charge in [-0.2, -0.15) is 0 Å². The van der Waals surface area contributed by atoms with Crippen LogP contribution < -0.4 is 11.1 Å². The molecule has 0 saturated heterocycles. The molecule has 0 radical (unpaired) electrons. The van der Waals surface area contributed by atoms with Gasteiger partial charge in [0.2, 0.25) is 0 Å². The van der Waals surface area contributed by atoms with Crippen molar-refractivity contribution in [3.63, 3.8) is 0 Å². The van der Waals surface area contributed by atoms with Crippen molar-refractivity contribution in [1.82, 2.24) is 5.32 Å². The Balaban J connectivity index is 2.14. The van der Waals surface area contributed by atoms with Crippen molar-refractivity contribution in [2.24, 2.45) is 11.7 Å². The van der Waals surface area contributed by atoms with E-state index in [0.29, 0.717) is 16.5 Å². The molecule has 21 heavy (non-hydrogen) atoms. The molecule has 114 valence electrons. The van der Waals surface area contributed by atoms with Gasteiger partial charge in [0.15, 0.2) is 0 Å². The van der Waals surface area contributed by atoms with E-state index in [1.165, 1.54) is 19.3 Å². The van der Waals surface area contributed by atoms with Crippen molar-refractivity contribution in [3.8, 4) is 0 Å². The highest BCUT2D eigenvalue weighted by atomic mass is 79.9. The number of rotatable bonds is 4. The number of carbonyl (C=O) groups is 1. The van der Waals surface area contributed by atoms with Crippen LogP contribution in [0.1, 0.15) is 42.5 Å². The first-order valence-corrected chi connectivity index (χ1v) is 9.03. The summed E-state index contributed by atoms with van der Waals surface area (Å²) in [5.41, 5.74) is 6.44. The highest BCUT2D eigenvalue weighted by Crippen LogP contribution is 2.27. The lowest BCUT2D eigenvalue weighted by Crippen LogP contribution is -2.48. The first kappa shape index (κ1) is 16.9. The minimum Gasteiger partial charge on any atom is -0.392 e. The maximum absolute atomic E-state index is 12.5. The van der Waals surface area contributed by atoms with E-state index in [-0.39, 0.29) is 11.9 Å². The topological polar surface area (TPSA) is 55.1 Å². The van der Waals surface area contributed by atoms with Crippen molar-refractivity contribution in [2.75, 3.05) is 0 Å². The van der Waals surface area contributed by atoms with Crippen LogP contribution in [0.3, 0.4) is 0 Å². The molecule has 1 unspecified atom stereocenters. The molecule has 1 atom stereocenters. The molecule has 1 fully saturated rings. The second-order valence-corrected chi connectivity index (χ2v) is 7.62. The molecule has 0 bridgehead atoms. The summed E-state index contributed by atoms with van der Waals surface area (Å²) in [6.07, 6.45) is 5.76. The molecule has 1 amide bonds. The minimum atomic E-state index is -0.223. The molecule has 1 saturated carbocycles. The SMILES string of the molecule is NC(=S)C(NC(=O)c1cc(Br)ccc1Br)C1CCCCC1. The highest BCUT2D eigenvalue weighted by molar-refractivity contribution is 9.11. The number of hydrogen-bond acceptors (Lipinski definition) is 2. The third-order valence-corrected chi connectivity index (χ3v) is 5.33. The molecule has 0 aliphatic heterocycles. The second kappa shape index (κ2) is 7.70. The lowest BCUT2D eigenvalue weighted by molar-refractivity contribution is 0.0931. The Morgan fingerprint density at radius 3 is 2.57 bits per heavy atom. The Morgan fingerprint density at radius 2 is 1.95 bits per heavy atom. The number of carbonyl (C=O) groups excluding carboxylic acids is 1. The molecule has 1 aliphatic carbocycles. The zero-order valence-corrected chi connectivity index (χ0v) is 15.6. The molecule has 6 heteroatoms. The highest BCUT2D eigenvalue weighted by Gasteiger charge is 2.28. The van der Waals surface area contributed by atoms with Crippen molar-refractivity contribution >= 4 is 55.0 Å². The molecule has 0 spiro atoms. The Labute approximate surface area is 147 Å². The van der Waals surface area contributed by atoms with Crippen LogP contribution in [0.2, 0.25) is 0 Å². The summed E-state index contributed by atoms with van der Waals surface area (Å²) in [4.78, 5) is 12.9. The van der Waals surface area contributed by atoms with Gasteiger partial charge in [0.05, 0.1) is 16.6 Å². The van der Waals surface area contributed by atoms with E-state index in [0.717, 1.165) is 21.8 Å². The fraction of sp³-hybridized carbons (Fsp3) is 0.467. The summed E-state index contributed by atoms with van der Waals surface area (Å²) in [6, 6.07) is 5.29. The van der Waals surface area contributed by atoms with Crippen LogP contribution in [0.15, 0.2) is 27.1 Å². The van der Waals surface area contributed by atoms with Gasteiger partial charge in [-0.25, -0.2) is 0 Å². The normalized spacial score (nSPS) is 17.2. The van der Waals surface area contributed by atoms with Gasteiger partial charge < -0.3 is 11.1 Å². The Kier molecular flexibility index (Phi) is 6.20. The third-order valence-electron chi connectivity index (χ3n) is 3.89. The average Bonchev–Trinajstić information content (AvgIpc) is 2.47. The molecule has 2 rings (SSSR count). The van der Waals surface area contributed by atoms with Crippen LogP contribution in [0.25, 0.3) is 0 Å². The predicted octanol–water partition coefficient (Wildman–Crippen LogP) is 4.18. The fourth-order valence-electron chi connectivity index (χ4n) is 2.78. The van der Waals surface area contributed by atoms with Gasteiger partial charge in [-0.1, -0.05) is 47.4 Å². The number of benzene rings is 1. The van der Waals surface area contributed by atoms with E-state index in [2.05, 4.69) is 37.2 Å². The summed E-state index contributed by atoms with van der Waals surface area (Å²) in [5.74, 6) is 0.206. The van der Waals surface area contributed by atoms with Crippen LogP contribution in [-0.4, -0.2) is 16.9 Å². The molecular weight excluding hydrogens is 416 g/mol. The minimum absolute atomic E-state index is 0.147. The molecule has 1 aromatic rings. The van der Waals surface area contributed by atoms with E-state index in [9.17, 15) is 4.79 Å². The van der Waals surface area contributed by atoms with E-state index < -0.39 is 0 Å². The Bertz CT molecular complexity index is 544. The number of amides is 1. The predicted molar refractivity (Wildman–Crippen MR) is 96.5 cm³/mol. The molecule has 1 aromatic carbocycles. The molecule has 0 aromatic heterocycles. The molecule has 3 N–H and O–H groups in total. The van der Waals surface area contributed by atoms with Crippen LogP contribution >= 0.6 is 44.1 Å². The summed E-state index contributed by atoms with van der Waals surface area (Å²) in [7, 11) is 0. The molecule has 1 aliphatic rings. The van der Waals surface area contributed by atoms with Crippen molar-refractivity contribution in [2.45, 2.75) is 38.1 Å². The van der Waals surface area contributed by atoms with E-state index in [4.69, 9.17) is 18.0 Å². The van der Waals surface area contributed by atoms with Crippen molar-refractivity contribution < 1.29 is 4.79 Å². The Hall–Kier alpha value is -0.460. The summed E-state index contributed by atoms with van der Waals surface area (Å²) in [5, 5.41) is 3.01. The lowest BCUT2D eigenvalue weighted by atomic mass is 9.83. The maximum Gasteiger partial charge on any atom is 0.253 e. The standard InChI is InChI=1S/C15H18Br2N2OS/c16-10-6-7-12(17)11(8-10)15(20)19-13(14(18)21)9-4-2-1-3-5-9/h6-9,13H,1-5H2,(H2,18,21)(H,19,20). The van der Waals surface area contributed by atoms with Crippen LogP contribution in [0.4, 0.5) is 0 Å². The largest absolute Gasteiger partial charge is 0.392 e.